The average Bonchev–Trinajstić information content (AvgIpc) is 2.45. The topological polar surface area (TPSA) is 70.0 Å². The van der Waals surface area contributed by atoms with Gasteiger partial charge in [0.2, 0.25) is 0 Å². The molecule has 0 atom stereocenters. The molecule has 0 amide bonds. The number of ether oxygens (including phenoxy) is 1. The molecule has 0 unspecified atom stereocenters. The van der Waals surface area contributed by atoms with Crippen molar-refractivity contribution in [3.8, 4) is 0 Å². The maximum absolute atomic E-state index is 10.8. The van der Waals surface area contributed by atoms with Crippen LogP contribution in [0, 0.1) is 0 Å². The molecule has 6 heteroatoms. The first kappa shape index (κ1) is 11.8. The Morgan fingerprint density at radius 3 is 2.79 bits per heavy atom. The summed E-state index contributed by atoms with van der Waals surface area (Å²) in [6.07, 6.45) is 1.77. The molecule has 2 N–H and O–H groups in total. The number of methoxy groups -OCH3 is 1. The lowest BCUT2D eigenvalue weighted by atomic mass is 10.3. The van der Waals surface area contributed by atoms with Crippen molar-refractivity contribution in [2.75, 3.05) is 26.0 Å². The van der Waals surface area contributed by atoms with Crippen LogP contribution in [0.25, 0.3) is 0 Å². The second-order valence-electron chi connectivity index (χ2n) is 3.30. The summed E-state index contributed by atoms with van der Waals surface area (Å²) in [5.74, 6) is 0.214. The van der Waals surface area contributed by atoms with E-state index in [2.05, 4.69) is 4.74 Å². The van der Waals surface area contributed by atoms with E-state index in [0.717, 1.165) is 6.42 Å². The first-order valence-electron chi connectivity index (χ1n) is 4.64. The smallest absolute Gasteiger partial charge is 0.305 e. The molecule has 1 aliphatic heterocycles. The lowest BCUT2D eigenvalue weighted by molar-refractivity contribution is -0.140. The number of carbonyl (C=O) groups is 1. The van der Waals surface area contributed by atoms with Crippen molar-refractivity contribution in [1.29, 1.82) is 0 Å². The van der Waals surface area contributed by atoms with Gasteiger partial charge in [0.25, 0.3) is 0 Å². The fourth-order valence-corrected chi connectivity index (χ4v) is 3.09. The van der Waals surface area contributed by atoms with Gasteiger partial charge >= 0.3 is 5.97 Å². The summed E-state index contributed by atoms with van der Waals surface area (Å²) in [6.45, 7) is 1.26. The SMILES string of the molecule is COC(=O)CCCN1CCCS1(O)O. The Hall–Kier alpha value is -0.300. The van der Waals surface area contributed by atoms with Crippen LogP contribution in [0.2, 0.25) is 0 Å². The van der Waals surface area contributed by atoms with Gasteiger partial charge in [0.15, 0.2) is 0 Å². The van der Waals surface area contributed by atoms with Crippen molar-refractivity contribution >= 4 is 16.7 Å². The molecule has 0 radical (unpaired) electrons. The number of nitrogens with zero attached hydrogens (tertiary/aromatic N) is 1. The highest BCUT2D eigenvalue weighted by Crippen LogP contribution is 2.48. The van der Waals surface area contributed by atoms with E-state index in [4.69, 9.17) is 0 Å². The highest BCUT2D eigenvalue weighted by Gasteiger charge is 2.28. The average molecular weight is 223 g/mol. The summed E-state index contributed by atoms with van der Waals surface area (Å²) in [5.41, 5.74) is 0. The fraction of sp³-hybridized carbons (Fsp3) is 0.875. The first-order chi connectivity index (χ1) is 6.56. The molecule has 0 saturated carbocycles. The third kappa shape index (κ3) is 3.13. The molecule has 0 aromatic carbocycles. The number of hydrogen-bond acceptors (Lipinski definition) is 5. The van der Waals surface area contributed by atoms with Gasteiger partial charge in [0.1, 0.15) is 0 Å². The van der Waals surface area contributed by atoms with E-state index in [1.807, 2.05) is 0 Å². The third-order valence-electron chi connectivity index (χ3n) is 2.26. The molecule has 0 aliphatic carbocycles. The van der Waals surface area contributed by atoms with Crippen LogP contribution in [0.1, 0.15) is 19.3 Å². The molecule has 1 saturated heterocycles. The minimum absolute atomic E-state index is 0.249. The zero-order chi connectivity index (χ0) is 10.6. The lowest BCUT2D eigenvalue weighted by Gasteiger charge is -2.36. The van der Waals surface area contributed by atoms with Gasteiger partial charge in [-0.05, 0) is 12.8 Å². The molecule has 1 fully saturated rings. The molecule has 1 heterocycles. The van der Waals surface area contributed by atoms with Crippen LogP contribution in [0.3, 0.4) is 0 Å². The Morgan fingerprint density at radius 1 is 1.57 bits per heavy atom. The summed E-state index contributed by atoms with van der Waals surface area (Å²) in [7, 11) is -1.16. The van der Waals surface area contributed by atoms with Crippen LogP contribution in [0.4, 0.5) is 0 Å². The summed E-state index contributed by atoms with van der Waals surface area (Å²) in [5, 5.41) is 0. The van der Waals surface area contributed by atoms with Crippen LogP contribution in [0.5, 0.6) is 0 Å². The Labute approximate surface area is 85.5 Å². The van der Waals surface area contributed by atoms with Gasteiger partial charge in [0.05, 0.1) is 12.9 Å². The predicted octanol–water partition coefficient (Wildman–Crippen LogP) is 1.31. The van der Waals surface area contributed by atoms with Crippen molar-refractivity contribution in [1.82, 2.24) is 4.31 Å². The van der Waals surface area contributed by atoms with Crippen LogP contribution in [-0.4, -0.2) is 45.3 Å². The quantitative estimate of drug-likeness (QED) is 0.703. The summed E-state index contributed by atoms with van der Waals surface area (Å²) in [4.78, 5) is 10.8. The second kappa shape index (κ2) is 4.97. The molecule has 1 aliphatic rings. The highest BCUT2D eigenvalue weighted by atomic mass is 32.3. The normalized spacial score (nSPS) is 23.4. The zero-order valence-corrected chi connectivity index (χ0v) is 9.13. The maximum atomic E-state index is 10.8. The number of carbonyl (C=O) groups excluding carboxylic acids is 1. The van der Waals surface area contributed by atoms with E-state index in [1.165, 1.54) is 7.11 Å². The first-order valence-corrected chi connectivity index (χ1v) is 6.31. The van der Waals surface area contributed by atoms with Gasteiger partial charge in [-0.15, -0.1) is 10.8 Å². The Kier molecular flexibility index (Phi) is 4.18. The predicted molar refractivity (Wildman–Crippen MR) is 55.2 cm³/mol. The Balaban J connectivity index is 2.21. The van der Waals surface area contributed by atoms with Crippen molar-refractivity contribution in [3.63, 3.8) is 0 Å². The van der Waals surface area contributed by atoms with E-state index in [1.54, 1.807) is 4.31 Å². The Morgan fingerprint density at radius 2 is 2.29 bits per heavy atom. The largest absolute Gasteiger partial charge is 0.469 e. The van der Waals surface area contributed by atoms with Crippen LogP contribution in [0.15, 0.2) is 0 Å². The minimum Gasteiger partial charge on any atom is -0.469 e. The van der Waals surface area contributed by atoms with E-state index in [0.29, 0.717) is 31.7 Å². The van der Waals surface area contributed by atoms with Gasteiger partial charge in [0, 0.05) is 19.5 Å². The molecule has 0 spiro atoms. The molecule has 0 aromatic rings. The molecule has 1 rings (SSSR count). The molecular formula is C8H17NO4S. The van der Waals surface area contributed by atoms with E-state index in [-0.39, 0.29) is 5.97 Å². The summed E-state index contributed by atoms with van der Waals surface area (Å²) in [6, 6.07) is 0. The molecular weight excluding hydrogens is 206 g/mol. The van der Waals surface area contributed by atoms with Crippen LogP contribution in [-0.2, 0) is 9.53 Å². The van der Waals surface area contributed by atoms with Crippen molar-refractivity contribution in [3.05, 3.63) is 0 Å². The van der Waals surface area contributed by atoms with Gasteiger partial charge in [-0.3, -0.25) is 13.9 Å². The maximum Gasteiger partial charge on any atom is 0.305 e. The van der Waals surface area contributed by atoms with Gasteiger partial charge < -0.3 is 4.74 Å². The minimum atomic E-state index is -2.51. The van der Waals surface area contributed by atoms with E-state index >= 15 is 0 Å². The van der Waals surface area contributed by atoms with Crippen molar-refractivity contribution in [2.45, 2.75) is 19.3 Å². The second-order valence-corrected chi connectivity index (χ2v) is 5.49. The molecule has 84 valence electrons. The lowest BCUT2D eigenvalue weighted by Crippen LogP contribution is -2.24. The van der Waals surface area contributed by atoms with E-state index in [9.17, 15) is 13.9 Å². The summed E-state index contributed by atoms with van der Waals surface area (Å²) >= 11 is 0. The van der Waals surface area contributed by atoms with Crippen molar-refractivity contribution < 1.29 is 18.6 Å². The standard InChI is InChI=1S/C8H17NO4S/c1-13-8(10)4-2-5-9-6-3-7-14(9,11)12/h11-12H,2-7H2,1H3. The third-order valence-corrected chi connectivity index (χ3v) is 4.28. The fourth-order valence-electron chi connectivity index (χ4n) is 1.47. The number of esters is 1. The van der Waals surface area contributed by atoms with Gasteiger partial charge in [-0.25, -0.2) is 4.31 Å². The van der Waals surface area contributed by atoms with Crippen LogP contribution < -0.4 is 0 Å². The highest BCUT2D eigenvalue weighted by molar-refractivity contribution is 8.22. The van der Waals surface area contributed by atoms with Gasteiger partial charge in [-0.1, -0.05) is 0 Å². The van der Waals surface area contributed by atoms with E-state index < -0.39 is 10.8 Å². The number of hydrogen-bond donors (Lipinski definition) is 2. The Bertz CT molecular complexity index is 210. The summed E-state index contributed by atoms with van der Waals surface area (Å²) < 4.78 is 25.2. The molecule has 14 heavy (non-hydrogen) atoms. The van der Waals surface area contributed by atoms with Crippen molar-refractivity contribution in [2.24, 2.45) is 0 Å². The molecule has 5 nitrogen and oxygen atoms in total. The molecule has 0 aromatic heterocycles. The number of rotatable bonds is 4. The zero-order valence-electron chi connectivity index (χ0n) is 8.31. The molecule has 0 bridgehead atoms. The monoisotopic (exact) mass is 223 g/mol. The van der Waals surface area contributed by atoms with Gasteiger partial charge in [-0.2, -0.15) is 0 Å². The van der Waals surface area contributed by atoms with Crippen LogP contribution >= 0.6 is 10.8 Å².